The third-order valence-electron chi connectivity index (χ3n) is 4.38. The maximum atomic E-state index is 3.98. The van der Waals surface area contributed by atoms with Gasteiger partial charge < -0.3 is 5.32 Å². The minimum atomic E-state index is 0.579. The molecule has 0 spiro atoms. The predicted octanol–water partition coefficient (Wildman–Crippen LogP) is 4.49. The summed E-state index contributed by atoms with van der Waals surface area (Å²) in [5.74, 6) is 1.26. The molecule has 3 rings (SSSR count). The van der Waals surface area contributed by atoms with Crippen molar-refractivity contribution in [3.63, 3.8) is 0 Å². The van der Waals surface area contributed by atoms with Crippen LogP contribution in [0.1, 0.15) is 43.7 Å². The minimum absolute atomic E-state index is 0.579. The molecule has 1 aromatic carbocycles. The van der Waals surface area contributed by atoms with E-state index < -0.39 is 0 Å². The Balaban J connectivity index is 1.73. The zero-order valence-corrected chi connectivity index (χ0v) is 13.2. The Morgan fingerprint density at radius 1 is 1.16 bits per heavy atom. The van der Waals surface area contributed by atoms with Crippen LogP contribution >= 0.6 is 23.5 Å². The third kappa shape index (κ3) is 3.14. The number of hydrogen-bond donors (Lipinski definition) is 1. The number of thioether (sulfide) groups is 2. The largest absolute Gasteiger partial charge is 0.306 e. The molecule has 0 amide bonds. The Hall–Kier alpha value is -0.120. The van der Waals surface area contributed by atoms with Gasteiger partial charge in [-0.15, -0.1) is 11.8 Å². The van der Waals surface area contributed by atoms with Crippen LogP contribution < -0.4 is 5.32 Å². The highest BCUT2D eigenvalue weighted by molar-refractivity contribution is 7.99. The summed E-state index contributed by atoms with van der Waals surface area (Å²) in [6.45, 7) is 0. The number of fused-ring (bicyclic) bond motifs is 1. The van der Waals surface area contributed by atoms with Crippen molar-refractivity contribution in [1.82, 2.24) is 5.32 Å². The van der Waals surface area contributed by atoms with Gasteiger partial charge in [0.1, 0.15) is 0 Å². The van der Waals surface area contributed by atoms with Crippen LogP contribution in [0.25, 0.3) is 0 Å². The molecule has 0 saturated heterocycles. The van der Waals surface area contributed by atoms with Crippen molar-refractivity contribution in [2.24, 2.45) is 0 Å². The molecular weight excluding hydrogens is 270 g/mol. The van der Waals surface area contributed by atoms with Crippen LogP contribution in [0, 0.1) is 0 Å². The average molecular weight is 294 g/mol. The fourth-order valence-electron chi connectivity index (χ4n) is 3.34. The van der Waals surface area contributed by atoms with Gasteiger partial charge in [-0.05, 0) is 42.9 Å². The van der Waals surface area contributed by atoms with Crippen LogP contribution in [0.2, 0.25) is 0 Å². The summed E-state index contributed by atoms with van der Waals surface area (Å²) in [6, 6.07) is 10.2. The summed E-state index contributed by atoms with van der Waals surface area (Å²) in [5.41, 5.74) is 1.53. The van der Waals surface area contributed by atoms with E-state index in [2.05, 4.69) is 47.6 Å². The Labute approximate surface area is 125 Å². The second-order valence-corrected chi connectivity index (χ2v) is 7.77. The van der Waals surface area contributed by atoms with Gasteiger partial charge in [-0.2, -0.15) is 11.8 Å². The molecule has 104 valence electrons. The monoisotopic (exact) mass is 293 g/mol. The van der Waals surface area contributed by atoms with Crippen LogP contribution in [-0.4, -0.2) is 23.3 Å². The molecule has 19 heavy (non-hydrogen) atoms. The molecule has 1 saturated carbocycles. The highest BCUT2D eigenvalue weighted by atomic mass is 32.2. The van der Waals surface area contributed by atoms with Gasteiger partial charge in [0.25, 0.3) is 0 Å². The lowest BCUT2D eigenvalue weighted by molar-refractivity contribution is 0.341. The van der Waals surface area contributed by atoms with E-state index in [1.165, 1.54) is 48.3 Å². The highest BCUT2D eigenvalue weighted by Crippen LogP contribution is 2.37. The van der Waals surface area contributed by atoms with E-state index in [0.29, 0.717) is 12.1 Å². The molecule has 2 aliphatic rings. The van der Waals surface area contributed by atoms with Crippen molar-refractivity contribution in [2.45, 2.75) is 54.3 Å². The van der Waals surface area contributed by atoms with Crippen molar-refractivity contribution in [3.05, 3.63) is 29.8 Å². The molecule has 0 radical (unpaired) electrons. The Morgan fingerprint density at radius 2 is 2.00 bits per heavy atom. The normalized spacial score (nSPS) is 30.9. The lowest BCUT2D eigenvalue weighted by atomic mass is 9.92. The molecule has 1 N–H and O–H groups in total. The van der Waals surface area contributed by atoms with Crippen LogP contribution in [0.3, 0.4) is 0 Å². The molecule has 0 bridgehead atoms. The summed E-state index contributed by atoms with van der Waals surface area (Å²) in [5, 5.41) is 4.80. The van der Waals surface area contributed by atoms with Crippen LogP contribution in [0.15, 0.2) is 29.2 Å². The molecule has 1 heterocycles. The highest BCUT2D eigenvalue weighted by Gasteiger charge is 2.28. The van der Waals surface area contributed by atoms with Gasteiger partial charge >= 0.3 is 0 Å². The van der Waals surface area contributed by atoms with E-state index in [1.54, 1.807) is 0 Å². The third-order valence-corrected chi connectivity index (χ3v) is 6.67. The van der Waals surface area contributed by atoms with Crippen LogP contribution in [0.4, 0.5) is 0 Å². The van der Waals surface area contributed by atoms with Crippen LogP contribution in [0.5, 0.6) is 0 Å². The first-order valence-corrected chi connectivity index (χ1v) is 9.66. The zero-order chi connectivity index (χ0) is 13.1. The molecule has 3 unspecified atom stereocenters. The Morgan fingerprint density at radius 3 is 2.89 bits per heavy atom. The van der Waals surface area contributed by atoms with Crippen LogP contribution in [-0.2, 0) is 0 Å². The molecule has 3 heteroatoms. The zero-order valence-electron chi connectivity index (χ0n) is 11.6. The molecule has 1 aliphatic heterocycles. The first-order chi connectivity index (χ1) is 9.38. The first-order valence-electron chi connectivity index (χ1n) is 7.39. The second-order valence-electron chi connectivity index (χ2n) is 5.56. The van der Waals surface area contributed by atoms with Gasteiger partial charge in [-0.3, -0.25) is 0 Å². The lowest BCUT2D eigenvalue weighted by Gasteiger charge is -2.36. The molecule has 0 aromatic heterocycles. The number of benzene rings is 1. The summed E-state index contributed by atoms with van der Waals surface area (Å²) < 4.78 is 0. The van der Waals surface area contributed by atoms with Gasteiger partial charge in [0, 0.05) is 22.2 Å². The van der Waals surface area contributed by atoms with Crippen molar-refractivity contribution >= 4 is 23.5 Å². The van der Waals surface area contributed by atoms with Gasteiger partial charge in [-0.25, -0.2) is 0 Å². The fourth-order valence-corrected chi connectivity index (χ4v) is 5.41. The maximum Gasteiger partial charge on any atom is 0.0342 e. The summed E-state index contributed by atoms with van der Waals surface area (Å²) in [4.78, 5) is 1.49. The summed E-state index contributed by atoms with van der Waals surface area (Å²) >= 11 is 4.07. The molecule has 1 fully saturated rings. The van der Waals surface area contributed by atoms with Crippen molar-refractivity contribution in [2.75, 3.05) is 12.0 Å². The topological polar surface area (TPSA) is 12.0 Å². The molecule has 1 aromatic rings. The van der Waals surface area contributed by atoms with E-state index >= 15 is 0 Å². The van der Waals surface area contributed by atoms with Gasteiger partial charge in [-0.1, -0.05) is 31.0 Å². The fraction of sp³-hybridized carbons (Fsp3) is 0.625. The Bertz CT molecular complexity index is 421. The molecular formula is C16H23NS2. The molecule has 1 nitrogen and oxygen atoms in total. The maximum absolute atomic E-state index is 3.98. The minimum Gasteiger partial charge on any atom is -0.306 e. The van der Waals surface area contributed by atoms with E-state index in [9.17, 15) is 0 Å². The number of nitrogens with one attached hydrogen (secondary N) is 1. The SMILES string of the molecule is CSC1CCCCC1NC1CCSc2ccccc21. The smallest absolute Gasteiger partial charge is 0.0342 e. The van der Waals surface area contributed by atoms with Gasteiger partial charge in [0.2, 0.25) is 0 Å². The lowest BCUT2D eigenvalue weighted by Crippen LogP contribution is -2.43. The quantitative estimate of drug-likeness (QED) is 0.882. The second kappa shape index (κ2) is 6.55. The van der Waals surface area contributed by atoms with Crippen molar-refractivity contribution in [3.8, 4) is 0 Å². The Kier molecular flexibility index (Phi) is 4.78. The van der Waals surface area contributed by atoms with E-state index in [-0.39, 0.29) is 0 Å². The van der Waals surface area contributed by atoms with Gasteiger partial charge in [0.05, 0.1) is 0 Å². The standard InChI is InChI=1S/C16H23NS2/c1-18-16-9-5-3-7-14(16)17-13-10-11-19-15-8-4-2-6-12(13)15/h2,4,6,8,13-14,16-17H,3,5,7,9-11H2,1H3. The van der Waals surface area contributed by atoms with E-state index in [0.717, 1.165) is 5.25 Å². The summed E-state index contributed by atoms with van der Waals surface area (Å²) in [6.07, 6.45) is 9.12. The molecule has 3 atom stereocenters. The first kappa shape index (κ1) is 13.8. The molecule has 1 aliphatic carbocycles. The predicted molar refractivity (Wildman–Crippen MR) is 87.2 cm³/mol. The van der Waals surface area contributed by atoms with Gasteiger partial charge in [0.15, 0.2) is 0 Å². The van der Waals surface area contributed by atoms with E-state index in [1.807, 2.05) is 11.8 Å². The average Bonchev–Trinajstić information content (AvgIpc) is 2.48. The van der Waals surface area contributed by atoms with Crippen molar-refractivity contribution < 1.29 is 0 Å². The summed E-state index contributed by atoms with van der Waals surface area (Å²) in [7, 11) is 0. The van der Waals surface area contributed by atoms with E-state index in [4.69, 9.17) is 0 Å². The number of rotatable bonds is 3. The van der Waals surface area contributed by atoms with Crippen molar-refractivity contribution in [1.29, 1.82) is 0 Å². The number of hydrogen-bond acceptors (Lipinski definition) is 3.